The van der Waals surface area contributed by atoms with Crippen molar-refractivity contribution in [2.45, 2.75) is 13.3 Å². The number of benzene rings is 1. The highest BCUT2D eigenvalue weighted by Gasteiger charge is 2.25. The van der Waals surface area contributed by atoms with Crippen LogP contribution in [-0.2, 0) is 6.42 Å². The highest BCUT2D eigenvalue weighted by atomic mass is 19.1. The number of amides is 1. The Hall–Kier alpha value is -2.83. The van der Waals surface area contributed by atoms with E-state index in [0.29, 0.717) is 50.5 Å². The Labute approximate surface area is 158 Å². The number of rotatable bonds is 5. The van der Waals surface area contributed by atoms with Crippen LogP contribution in [0.3, 0.4) is 0 Å². The number of nitrogens with zero attached hydrogens (tertiary/aromatic N) is 3. The Bertz CT molecular complexity index is 768. The highest BCUT2D eigenvalue weighted by molar-refractivity contribution is 5.91. The third-order valence-electron chi connectivity index (χ3n) is 4.53. The Kier molecular flexibility index (Phi) is 6.46. The minimum absolute atomic E-state index is 0.0823. The minimum Gasteiger partial charge on any atom is -0.459 e. The summed E-state index contributed by atoms with van der Waals surface area (Å²) in [4.78, 5) is 20.9. The van der Waals surface area contributed by atoms with Gasteiger partial charge in [-0.1, -0.05) is 18.2 Å². The van der Waals surface area contributed by atoms with E-state index >= 15 is 0 Å². The molecule has 3 rings (SSSR count). The second kappa shape index (κ2) is 9.21. The van der Waals surface area contributed by atoms with Gasteiger partial charge in [0.1, 0.15) is 5.82 Å². The molecule has 1 aliphatic heterocycles. The Morgan fingerprint density at radius 1 is 1.15 bits per heavy atom. The average Bonchev–Trinajstić information content (AvgIpc) is 3.23. The van der Waals surface area contributed by atoms with Crippen molar-refractivity contribution in [1.82, 2.24) is 15.1 Å². The molecule has 0 spiro atoms. The summed E-state index contributed by atoms with van der Waals surface area (Å²) >= 11 is 0. The summed E-state index contributed by atoms with van der Waals surface area (Å²) in [5, 5.41) is 3.29. The van der Waals surface area contributed by atoms with Gasteiger partial charge in [0, 0.05) is 39.3 Å². The third-order valence-corrected chi connectivity index (χ3v) is 4.53. The maximum Gasteiger partial charge on any atom is 0.289 e. The Morgan fingerprint density at radius 3 is 2.56 bits per heavy atom. The monoisotopic (exact) mass is 372 g/mol. The second-order valence-corrected chi connectivity index (χ2v) is 6.33. The van der Waals surface area contributed by atoms with E-state index in [1.54, 1.807) is 29.2 Å². The fourth-order valence-corrected chi connectivity index (χ4v) is 3.09. The molecular formula is C20H25FN4O2. The van der Waals surface area contributed by atoms with Gasteiger partial charge in [-0.3, -0.25) is 9.79 Å². The van der Waals surface area contributed by atoms with Crippen LogP contribution in [0.5, 0.6) is 0 Å². The van der Waals surface area contributed by atoms with Gasteiger partial charge in [-0.05, 0) is 37.1 Å². The number of hydrogen-bond donors (Lipinski definition) is 1. The topological polar surface area (TPSA) is 61.1 Å². The molecule has 1 aromatic heterocycles. The van der Waals surface area contributed by atoms with Crippen LogP contribution in [0.1, 0.15) is 23.0 Å². The molecule has 1 saturated heterocycles. The SMILES string of the molecule is CCNC(=NCCc1ccccc1F)N1CCN(C(=O)c2ccco2)CC1. The van der Waals surface area contributed by atoms with E-state index in [1.165, 1.54) is 12.3 Å². The zero-order chi connectivity index (χ0) is 19.1. The number of aliphatic imine (C=N–C) groups is 1. The van der Waals surface area contributed by atoms with Crippen molar-refractivity contribution in [3.63, 3.8) is 0 Å². The number of furan rings is 1. The maximum atomic E-state index is 13.7. The fourth-order valence-electron chi connectivity index (χ4n) is 3.09. The van der Waals surface area contributed by atoms with Crippen LogP contribution < -0.4 is 5.32 Å². The average molecular weight is 372 g/mol. The lowest BCUT2D eigenvalue weighted by Crippen LogP contribution is -2.53. The van der Waals surface area contributed by atoms with Crippen LogP contribution in [-0.4, -0.2) is 60.9 Å². The van der Waals surface area contributed by atoms with Crippen LogP contribution in [0.25, 0.3) is 0 Å². The fraction of sp³-hybridized carbons (Fsp3) is 0.400. The molecule has 1 amide bonds. The largest absolute Gasteiger partial charge is 0.459 e. The summed E-state index contributed by atoms with van der Waals surface area (Å²) in [7, 11) is 0. The quantitative estimate of drug-likeness (QED) is 0.647. The predicted octanol–water partition coefficient (Wildman–Crippen LogP) is 2.38. The lowest BCUT2D eigenvalue weighted by molar-refractivity contribution is 0.0657. The van der Waals surface area contributed by atoms with Crippen LogP contribution in [0.2, 0.25) is 0 Å². The molecular weight excluding hydrogens is 347 g/mol. The highest BCUT2D eigenvalue weighted by Crippen LogP contribution is 2.10. The molecule has 6 nitrogen and oxygen atoms in total. The van der Waals surface area contributed by atoms with Crippen molar-refractivity contribution in [3.05, 3.63) is 59.8 Å². The van der Waals surface area contributed by atoms with E-state index in [4.69, 9.17) is 4.42 Å². The molecule has 0 aliphatic carbocycles. The summed E-state index contributed by atoms with van der Waals surface area (Å²) in [6.45, 7) is 5.88. The summed E-state index contributed by atoms with van der Waals surface area (Å²) in [6.07, 6.45) is 2.06. The standard InChI is InChI=1S/C20H25FN4O2/c1-2-22-20(23-10-9-16-6-3-4-7-17(16)21)25-13-11-24(12-14-25)19(26)18-8-5-15-27-18/h3-8,15H,2,9-14H2,1H3,(H,22,23). The summed E-state index contributed by atoms with van der Waals surface area (Å²) < 4.78 is 18.9. The van der Waals surface area contributed by atoms with Gasteiger partial charge in [-0.2, -0.15) is 0 Å². The van der Waals surface area contributed by atoms with Crippen molar-refractivity contribution in [1.29, 1.82) is 0 Å². The van der Waals surface area contributed by atoms with Crippen molar-refractivity contribution >= 4 is 11.9 Å². The van der Waals surface area contributed by atoms with E-state index in [0.717, 1.165) is 12.5 Å². The zero-order valence-corrected chi connectivity index (χ0v) is 15.5. The Balaban J connectivity index is 1.56. The lowest BCUT2D eigenvalue weighted by Gasteiger charge is -2.36. The summed E-state index contributed by atoms with van der Waals surface area (Å²) in [5.41, 5.74) is 0.672. The number of piperazine rings is 1. The van der Waals surface area contributed by atoms with Crippen LogP contribution >= 0.6 is 0 Å². The van der Waals surface area contributed by atoms with E-state index < -0.39 is 0 Å². The molecule has 1 aliphatic rings. The molecule has 0 radical (unpaired) electrons. The number of nitrogens with one attached hydrogen (secondary N) is 1. The smallest absolute Gasteiger partial charge is 0.289 e. The molecule has 2 aromatic rings. The molecule has 0 saturated carbocycles. The van der Waals surface area contributed by atoms with Gasteiger partial charge in [0.2, 0.25) is 0 Å². The molecule has 2 heterocycles. The van der Waals surface area contributed by atoms with Gasteiger partial charge in [0.15, 0.2) is 11.7 Å². The van der Waals surface area contributed by atoms with Gasteiger partial charge < -0.3 is 19.5 Å². The van der Waals surface area contributed by atoms with Gasteiger partial charge in [-0.15, -0.1) is 0 Å². The molecule has 0 atom stereocenters. The first-order valence-corrected chi connectivity index (χ1v) is 9.28. The van der Waals surface area contributed by atoms with Crippen molar-refractivity contribution in [3.8, 4) is 0 Å². The molecule has 1 fully saturated rings. The van der Waals surface area contributed by atoms with Crippen LogP contribution in [0.15, 0.2) is 52.1 Å². The molecule has 7 heteroatoms. The predicted molar refractivity (Wildman–Crippen MR) is 102 cm³/mol. The van der Waals surface area contributed by atoms with Gasteiger partial charge in [0.05, 0.1) is 6.26 Å². The number of halogens is 1. The van der Waals surface area contributed by atoms with E-state index in [1.807, 2.05) is 13.0 Å². The molecule has 144 valence electrons. The molecule has 0 bridgehead atoms. The van der Waals surface area contributed by atoms with Crippen molar-refractivity contribution in [2.75, 3.05) is 39.3 Å². The van der Waals surface area contributed by atoms with Gasteiger partial charge in [0.25, 0.3) is 5.91 Å². The first-order chi connectivity index (χ1) is 13.2. The van der Waals surface area contributed by atoms with E-state index in [-0.39, 0.29) is 11.7 Å². The third kappa shape index (κ3) is 4.87. The lowest BCUT2D eigenvalue weighted by atomic mass is 10.1. The molecule has 0 unspecified atom stereocenters. The summed E-state index contributed by atoms with van der Waals surface area (Å²) in [5.74, 6) is 0.900. The first kappa shape index (κ1) is 18.9. The van der Waals surface area contributed by atoms with E-state index in [9.17, 15) is 9.18 Å². The second-order valence-electron chi connectivity index (χ2n) is 6.33. The van der Waals surface area contributed by atoms with E-state index in [2.05, 4.69) is 15.2 Å². The van der Waals surface area contributed by atoms with Crippen LogP contribution in [0, 0.1) is 5.82 Å². The van der Waals surface area contributed by atoms with Crippen LogP contribution in [0.4, 0.5) is 4.39 Å². The van der Waals surface area contributed by atoms with Crippen molar-refractivity contribution in [2.24, 2.45) is 4.99 Å². The molecule has 1 N–H and O–H groups in total. The Morgan fingerprint density at radius 2 is 1.89 bits per heavy atom. The number of hydrogen-bond acceptors (Lipinski definition) is 3. The summed E-state index contributed by atoms with van der Waals surface area (Å²) in [6, 6.07) is 10.2. The number of guanidine groups is 1. The minimum atomic E-state index is -0.192. The van der Waals surface area contributed by atoms with Crippen molar-refractivity contribution < 1.29 is 13.6 Å². The maximum absolute atomic E-state index is 13.7. The molecule has 27 heavy (non-hydrogen) atoms. The number of carbonyl (C=O) groups excluding carboxylic acids is 1. The normalized spacial score (nSPS) is 15.1. The first-order valence-electron chi connectivity index (χ1n) is 9.28. The van der Waals surface area contributed by atoms with Gasteiger partial charge >= 0.3 is 0 Å². The number of carbonyl (C=O) groups is 1. The zero-order valence-electron chi connectivity index (χ0n) is 15.5. The molecule has 1 aromatic carbocycles. The van der Waals surface area contributed by atoms with Gasteiger partial charge in [-0.25, -0.2) is 4.39 Å².